The summed E-state index contributed by atoms with van der Waals surface area (Å²) in [6.45, 7) is 5.68. The normalized spacial score (nSPS) is 16.3. The molecule has 5 heteroatoms. The molecule has 88 valence electrons. The van der Waals surface area contributed by atoms with Crippen molar-refractivity contribution in [1.29, 1.82) is 0 Å². The van der Waals surface area contributed by atoms with E-state index in [0.29, 0.717) is 19.6 Å². The minimum atomic E-state index is 0.0795. The maximum atomic E-state index is 11.8. The van der Waals surface area contributed by atoms with Crippen LogP contribution in [-0.4, -0.2) is 45.4 Å². The Morgan fingerprint density at radius 3 is 2.75 bits per heavy atom. The highest BCUT2D eigenvalue weighted by Crippen LogP contribution is 2.15. The molecule has 2 heterocycles. The van der Waals surface area contributed by atoms with Gasteiger partial charge in [-0.05, 0) is 19.9 Å². The molecule has 0 spiro atoms. The Morgan fingerprint density at radius 1 is 1.56 bits per heavy atom. The number of carbonyl (C=O) groups is 1. The van der Waals surface area contributed by atoms with Crippen molar-refractivity contribution in [2.75, 3.05) is 19.7 Å². The van der Waals surface area contributed by atoms with E-state index in [9.17, 15) is 4.79 Å². The Hall–Kier alpha value is -1.36. The molecule has 0 atom stereocenters. The molecule has 1 aliphatic heterocycles. The molecule has 1 aliphatic rings. The first kappa shape index (κ1) is 11.1. The van der Waals surface area contributed by atoms with Crippen molar-refractivity contribution in [3.8, 4) is 0 Å². The summed E-state index contributed by atoms with van der Waals surface area (Å²) < 4.78 is 1.73. The highest BCUT2D eigenvalue weighted by Gasteiger charge is 2.29. The SMILES string of the molecule is Cc1cc(C)n(CC(=O)N2CC(CO)C2)n1. The van der Waals surface area contributed by atoms with Gasteiger partial charge in [0.2, 0.25) is 5.91 Å². The number of aliphatic hydroxyl groups is 1. The van der Waals surface area contributed by atoms with E-state index in [1.54, 1.807) is 9.58 Å². The maximum absolute atomic E-state index is 11.8. The minimum Gasteiger partial charge on any atom is -0.396 e. The Bertz CT molecular complexity index is 394. The summed E-state index contributed by atoms with van der Waals surface area (Å²) >= 11 is 0. The molecular weight excluding hydrogens is 206 g/mol. The highest BCUT2D eigenvalue weighted by atomic mass is 16.3. The average Bonchev–Trinajstić information content (AvgIpc) is 2.43. The van der Waals surface area contributed by atoms with Gasteiger partial charge < -0.3 is 10.0 Å². The van der Waals surface area contributed by atoms with E-state index in [2.05, 4.69) is 5.10 Å². The quantitative estimate of drug-likeness (QED) is 0.781. The third-order valence-corrected chi connectivity index (χ3v) is 2.96. The third kappa shape index (κ3) is 2.09. The molecule has 1 aromatic heterocycles. The molecule has 1 saturated heterocycles. The summed E-state index contributed by atoms with van der Waals surface area (Å²) in [6.07, 6.45) is 0. The maximum Gasteiger partial charge on any atom is 0.244 e. The van der Waals surface area contributed by atoms with E-state index < -0.39 is 0 Å². The zero-order chi connectivity index (χ0) is 11.7. The summed E-state index contributed by atoms with van der Waals surface area (Å²) in [5.41, 5.74) is 1.94. The molecule has 0 unspecified atom stereocenters. The predicted octanol–water partition coefficient (Wildman–Crippen LogP) is -0.0494. The van der Waals surface area contributed by atoms with Gasteiger partial charge in [-0.25, -0.2) is 0 Å². The number of nitrogens with zero attached hydrogens (tertiary/aromatic N) is 3. The molecule has 5 nitrogen and oxygen atoms in total. The smallest absolute Gasteiger partial charge is 0.244 e. The zero-order valence-corrected chi connectivity index (χ0v) is 9.68. The first-order valence-corrected chi connectivity index (χ1v) is 5.50. The van der Waals surface area contributed by atoms with E-state index in [1.807, 2.05) is 19.9 Å². The monoisotopic (exact) mass is 223 g/mol. The number of aliphatic hydroxyl groups excluding tert-OH is 1. The molecule has 1 amide bonds. The van der Waals surface area contributed by atoms with Crippen LogP contribution >= 0.6 is 0 Å². The van der Waals surface area contributed by atoms with Gasteiger partial charge in [-0.15, -0.1) is 0 Å². The molecule has 16 heavy (non-hydrogen) atoms. The van der Waals surface area contributed by atoms with E-state index in [0.717, 1.165) is 11.4 Å². The summed E-state index contributed by atoms with van der Waals surface area (Å²) in [7, 11) is 0. The molecule has 0 saturated carbocycles. The molecule has 1 fully saturated rings. The second-order valence-electron chi connectivity index (χ2n) is 4.43. The van der Waals surface area contributed by atoms with Crippen molar-refractivity contribution >= 4 is 5.91 Å². The molecular formula is C11H17N3O2. The molecule has 0 radical (unpaired) electrons. The fourth-order valence-corrected chi connectivity index (χ4v) is 1.95. The van der Waals surface area contributed by atoms with Crippen LogP contribution in [0.5, 0.6) is 0 Å². The van der Waals surface area contributed by atoms with Crippen LogP contribution < -0.4 is 0 Å². The lowest BCUT2D eigenvalue weighted by Crippen LogP contribution is -2.52. The van der Waals surface area contributed by atoms with Crippen molar-refractivity contribution in [3.63, 3.8) is 0 Å². The van der Waals surface area contributed by atoms with Gasteiger partial charge in [-0.2, -0.15) is 5.10 Å². The van der Waals surface area contributed by atoms with Gasteiger partial charge in [-0.3, -0.25) is 9.48 Å². The second-order valence-corrected chi connectivity index (χ2v) is 4.43. The standard InChI is InChI=1S/C11H17N3O2/c1-8-3-9(2)14(12-8)6-11(16)13-4-10(5-13)7-15/h3,10,15H,4-7H2,1-2H3. The largest absolute Gasteiger partial charge is 0.396 e. The van der Waals surface area contributed by atoms with E-state index in [4.69, 9.17) is 5.11 Å². The number of aromatic nitrogens is 2. The van der Waals surface area contributed by atoms with Gasteiger partial charge in [0.05, 0.1) is 5.69 Å². The summed E-state index contributed by atoms with van der Waals surface area (Å²) in [6, 6.07) is 1.96. The number of likely N-dealkylation sites (tertiary alicyclic amines) is 1. The Morgan fingerprint density at radius 2 is 2.25 bits per heavy atom. The van der Waals surface area contributed by atoms with Crippen molar-refractivity contribution < 1.29 is 9.90 Å². The van der Waals surface area contributed by atoms with Crippen molar-refractivity contribution in [2.45, 2.75) is 20.4 Å². The van der Waals surface area contributed by atoms with Gasteiger partial charge in [0.1, 0.15) is 6.54 Å². The Kier molecular flexibility index (Phi) is 2.96. The Balaban J connectivity index is 1.91. The van der Waals surface area contributed by atoms with Crippen LogP contribution in [0.2, 0.25) is 0 Å². The lowest BCUT2D eigenvalue weighted by molar-refractivity contribution is -0.139. The molecule has 1 N–H and O–H groups in total. The molecule has 0 aliphatic carbocycles. The molecule has 0 bridgehead atoms. The lowest BCUT2D eigenvalue weighted by Gasteiger charge is -2.38. The highest BCUT2D eigenvalue weighted by molar-refractivity contribution is 5.76. The first-order valence-electron chi connectivity index (χ1n) is 5.50. The van der Waals surface area contributed by atoms with Gasteiger partial charge >= 0.3 is 0 Å². The number of hydrogen-bond donors (Lipinski definition) is 1. The van der Waals surface area contributed by atoms with Crippen LogP contribution in [0.4, 0.5) is 0 Å². The summed E-state index contributed by atoms with van der Waals surface area (Å²) in [5.74, 6) is 0.348. The number of aryl methyl sites for hydroxylation is 2. The van der Waals surface area contributed by atoms with E-state index in [1.165, 1.54) is 0 Å². The topological polar surface area (TPSA) is 58.4 Å². The van der Waals surface area contributed by atoms with Crippen molar-refractivity contribution in [3.05, 3.63) is 17.5 Å². The van der Waals surface area contributed by atoms with Crippen molar-refractivity contribution in [1.82, 2.24) is 14.7 Å². The van der Waals surface area contributed by atoms with Crippen LogP contribution in [0.15, 0.2) is 6.07 Å². The molecule has 2 rings (SSSR count). The number of rotatable bonds is 3. The van der Waals surface area contributed by atoms with E-state index in [-0.39, 0.29) is 18.4 Å². The van der Waals surface area contributed by atoms with Crippen LogP contribution in [-0.2, 0) is 11.3 Å². The van der Waals surface area contributed by atoms with Gasteiger partial charge in [0.25, 0.3) is 0 Å². The number of carbonyl (C=O) groups excluding carboxylic acids is 1. The first-order chi connectivity index (χ1) is 7.60. The lowest BCUT2D eigenvalue weighted by atomic mass is 10.0. The molecule has 1 aromatic rings. The third-order valence-electron chi connectivity index (χ3n) is 2.96. The van der Waals surface area contributed by atoms with Gasteiger partial charge in [-0.1, -0.05) is 0 Å². The van der Waals surface area contributed by atoms with Crippen LogP contribution in [0.3, 0.4) is 0 Å². The van der Waals surface area contributed by atoms with Crippen LogP contribution in [0.1, 0.15) is 11.4 Å². The molecule has 0 aromatic carbocycles. The van der Waals surface area contributed by atoms with Crippen LogP contribution in [0.25, 0.3) is 0 Å². The second kappa shape index (κ2) is 4.25. The minimum absolute atomic E-state index is 0.0795. The van der Waals surface area contributed by atoms with Gasteiger partial charge in [0, 0.05) is 31.3 Å². The average molecular weight is 223 g/mol. The number of hydrogen-bond acceptors (Lipinski definition) is 3. The summed E-state index contributed by atoms with van der Waals surface area (Å²) in [5, 5.41) is 13.1. The van der Waals surface area contributed by atoms with Crippen molar-refractivity contribution in [2.24, 2.45) is 5.92 Å². The number of amides is 1. The van der Waals surface area contributed by atoms with E-state index >= 15 is 0 Å². The summed E-state index contributed by atoms with van der Waals surface area (Å²) in [4.78, 5) is 13.6. The fraction of sp³-hybridized carbons (Fsp3) is 0.636. The van der Waals surface area contributed by atoms with Crippen LogP contribution in [0, 0.1) is 19.8 Å². The van der Waals surface area contributed by atoms with Gasteiger partial charge in [0.15, 0.2) is 0 Å². The zero-order valence-electron chi connectivity index (χ0n) is 9.68. The predicted molar refractivity (Wildman–Crippen MR) is 58.9 cm³/mol. The fourth-order valence-electron chi connectivity index (χ4n) is 1.95. The Labute approximate surface area is 94.7 Å².